The third kappa shape index (κ3) is 3.67. The predicted molar refractivity (Wildman–Crippen MR) is 86.7 cm³/mol. The Bertz CT molecular complexity index is 736. The van der Waals surface area contributed by atoms with Crippen molar-refractivity contribution >= 4 is 17.4 Å². The van der Waals surface area contributed by atoms with E-state index in [1.165, 1.54) is 0 Å². The molecule has 2 aromatic rings. The standard InChI is InChI=1S/C17H18F2N4O/c1-11-4-7-16(22-21-11)23-8-2-3-12(10-23)17(24)20-15-9-13(18)5-6-14(15)19/h4-7,9,12H,2-3,8,10H2,1H3,(H,20,24). The largest absolute Gasteiger partial charge is 0.354 e. The van der Waals surface area contributed by atoms with Gasteiger partial charge in [0.25, 0.3) is 0 Å². The van der Waals surface area contributed by atoms with E-state index in [4.69, 9.17) is 0 Å². The van der Waals surface area contributed by atoms with Crippen molar-refractivity contribution in [3.8, 4) is 0 Å². The number of carbonyl (C=O) groups is 1. The van der Waals surface area contributed by atoms with Crippen LogP contribution in [0.25, 0.3) is 0 Å². The number of benzene rings is 1. The van der Waals surface area contributed by atoms with Crippen molar-refractivity contribution in [3.63, 3.8) is 0 Å². The number of aromatic nitrogens is 2. The number of nitrogens with one attached hydrogen (secondary N) is 1. The SMILES string of the molecule is Cc1ccc(N2CCCC(C(=O)Nc3cc(F)ccc3F)C2)nn1. The van der Waals surface area contributed by atoms with Gasteiger partial charge in [-0.25, -0.2) is 8.78 Å². The summed E-state index contributed by atoms with van der Waals surface area (Å²) in [6, 6.07) is 6.74. The zero-order valence-electron chi connectivity index (χ0n) is 13.3. The fourth-order valence-electron chi connectivity index (χ4n) is 2.79. The molecule has 7 heteroatoms. The van der Waals surface area contributed by atoms with E-state index < -0.39 is 11.6 Å². The van der Waals surface area contributed by atoms with Gasteiger partial charge in [0.2, 0.25) is 5.91 Å². The van der Waals surface area contributed by atoms with Crippen LogP contribution < -0.4 is 10.2 Å². The molecular weight excluding hydrogens is 314 g/mol. The lowest BCUT2D eigenvalue weighted by atomic mass is 9.97. The van der Waals surface area contributed by atoms with Gasteiger partial charge in [-0.1, -0.05) is 0 Å². The summed E-state index contributed by atoms with van der Waals surface area (Å²) in [7, 11) is 0. The van der Waals surface area contributed by atoms with Crippen LogP contribution in [-0.2, 0) is 4.79 Å². The minimum Gasteiger partial charge on any atom is -0.354 e. The average Bonchev–Trinajstić information content (AvgIpc) is 2.59. The Labute approximate surface area is 138 Å². The van der Waals surface area contributed by atoms with Crippen LogP contribution in [0.2, 0.25) is 0 Å². The van der Waals surface area contributed by atoms with Crippen LogP contribution in [0.3, 0.4) is 0 Å². The zero-order chi connectivity index (χ0) is 17.1. The molecule has 0 aliphatic carbocycles. The summed E-state index contributed by atoms with van der Waals surface area (Å²) in [6.45, 7) is 3.12. The molecule has 1 atom stereocenters. The van der Waals surface area contributed by atoms with Crippen LogP contribution in [0.4, 0.5) is 20.3 Å². The second-order valence-electron chi connectivity index (χ2n) is 5.93. The molecule has 126 valence electrons. The molecule has 1 aromatic heterocycles. The van der Waals surface area contributed by atoms with Crippen LogP contribution in [0.15, 0.2) is 30.3 Å². The molecule has 5 nitrogen and oxygen atoms in total. The van der Waals surface area contributed by atoms with E-state index in [1.807, 2.05) is 24.0 Å². The maximum absolute atomic E-state index is 13.7. The minimum absolute atomic E-state index is 0.132. The highest BCUT2D eigenvalue weighted by Crippen LogP contribution is 2.23. The number of piperidine rings is 1. The van der Waals surface area contributed by atoms with E-state index in [2.05, 4.69) is 15.5 Å². The van der Waals surface area contributed by atoms with Gasteiger partial charge in [0.1, 0.15) is 11.6 Å². The van der Waals surface area contributed by atoms with Crippen molar-refractivity contribution in [2.45, 2.75) is 19.8 Å². The van der Waals surface area contributed by atoms with Gasteiger partial charge < -0.3 is 10.2 Å². The number of nitrogens with zero attached hydrogens (tertiary/aromatic N) is 3. The Hall–Kier alpha value is -2.57. The minimum atomic E-state index is -0.651. The first kappa shape index (κ1) is 16.3. The molecule has 0 bridgehead atoms. The molecule has 24 heavy (non-hydrogen) atoms. The molecular formula is C17H18F2N4O. The molecule has 1 aliphatic heterocycles. The third-order valence-corrected chi connectivity index (χ3v) is 4.09. The molecule has 2 heterocycles. The fraction of sp³-hybridized carbons (Fsp3) is 0.353. The maximum Gasteiger partial charge on any atom is 0.229 e. The van der Waals surface area contributed by atoms with Crippen molar-refractivity contribution in [2.24, 2.45) is 5.92 Å². The Morgan fingerprint density at radius 1 is 1.25 bits per heavy atom. The number of amides is 1. The van der Waals surface area contributed by atoms with E-state index in [0.29, 0.717) is 13.0 Å². The number of aryl methyl sites for hydroxylation is 1. The fourth-order valence-corrected chi connectivity index (χ4v) is 2.79. The van der Waals surface area contributed by atoms with E-state index in [9.17, 15) is 13.6 Å². The van der Waals surface area contributed by atoms with Crippen LogP contribution in [0.1, 0.15) is 18.5 Å². The van der Waals surface area contributed by atoms with Crippen molar-refractivity contribution in [1.29, 1.82) is 0 Å². The molecule has 1 fully saturated rings. The van der Waals surface area contributed by atoms with Crippen LogP contribution in [-0.4, -0.2) is 29.2 Å². The average molecular weight is 332 g/mol. The summed E-state index contributed by atoms with van der Waals surface area (Å²) >= 11 is 0. The zero-order valence-corrected chi connectivity index (χ0v) is 13.3. The van der Waals surface area contributed by atoms with E-state index in [1.54, 1.807) is 0 Å². The predicted octanol–water partition coefficient (Wildman–Crippen LogP) is 2.92. The van der Waals surface area contributed by atoms with E-state index >= 15 is 0 Å². The lowest BCUT2D eigenvalue weighted by Gasteiger charge is -2.32. The second kappa shape index (κ2) is 6.90. The van der Waals surface area contributed by atoms with E-state index in [0.717, 1.165) is 42.7 Å². The monoisotopic (exact) mass is 332 g/mol. The van der Waals surface area contributed by atoms with Crippen LogP contribution in [0, 0.1) is 24.5 Å². The first-order valence-corrected chi connectivity index (χ1v) is 7.84. The maximum atomic E-state index is 13.7. The number of carbonyl (C=O) groups excluding carboxylic acids is 1. The van der Waals surface area contributed by atoms with E-state index in [-0.39, 0.29) is 17.5 Å². The summed E-state index contributed by atoms with van der Waals surface area (Å²) in [5.41, 5.74) is 0.693. The highest BCUT2D eigenvalue weighted by molar-refractivity contribution is 5.93. The summed E-state index contributed by atoms with van der Waals surface area (Å²) in [4.78, 5) is 14.4. The highest BCUT2D eigenvalue weighted by atomic mass is 19.1. The molecule has 1 amide bonds. The van der Waals surface area contributed by atoms with Gasteiger partial charge in [0.15, 0.2) is 5.82 Å². The Morgan fingerprint density at radius 2 is 2.08 bits per heavy atom. The Kier molecular flexibility index (Phi) is 4.69. The van der Waals surface area contributed by atoms with Crippen LogP contribution in [0.5, 0.6) is 0 Å². The summed E-state index contributed by atoms with van der Waals surface area (Å²) in [5.74, 6) is -1.16. The molecule has 0 saturated carbocycles. The first-order chi connectivity index (χ1) is 11.5. The lowest BCUT2D eigenvalue weighted by Crippen LogP contribution is -2.41. The number of rotatable bonds is 3. The van der Waals surface area contributed by atoms with Gasteiger partial charge in [-0.05, 0) is 44.0 Å². The van der Waals surface area contributed by atoms with Crippen molar-refractivity contribution in [3.05, 3.63) is 47.7 Å². The van der Waals surface area contributed by atoms with Crippen molar-refractivity contribution in [1.82, 2.24) is 10.2 Å². The molecule has 1 aliphatic rings. The van der Waals surface area contributed by atoms with Gasteiger partial charge in [-0.15, -0.1) is 5.10 Å². The Balaban J connectivity index is 1.68. The first-order valence-electron chi connectivity index (χ1n) is 7.84. The number of anilines is 2. The molecule has 0 spiro atoms. The van der Waals surface area contributed by atoms with Gasteiger partial charge in [-0.2, -0.15) is 5.10 Å². The molecule has 1 unspecified atom stereocenters. The third-order valence-electron chi connectivity index (χ3n) is 4.09. The van der Waals surface area contributed by atoms with Crippen molar-refractivity contribution < 1.29 is 13.6 Å². The summed E-state index contributed by atoms with van der Waals surface area (Å²) in [5, 5.41) is 10.7. The summed E-state index contributed by atoms with van der Waals surface area (Å²) in [6.07, 6.45) is 1.51. The molecule has 0 radical (unpaired) electrons. The summed E-state index contributed by atoms with van der Waals surface area (Å²) < 4.78 is 26.9. The highest BCUT2D eigenvalue weighted by Gasteiger charge is 2.27. The Morgan fingerprint density at radius 3 is 2.83 bits per heavy atom. The molecule has 3 rings (SSSR count). The number of hydrogen-bond donors (Lipinski definition) is 1. The normalized spacial score (nSPS) is 17.6. The molecule has 1 N–H and O–H groups in total. The number of halogens is 2. The van der Waals surface area contributed by atoms with Gasteiger partial charge >= 0.3 is 0 Å². The quantitative estimate of drug-likeness (QED) is 0.939. The van der Waals surface area contributed by atoms with Crippen LogP contribution >= 0.6 is 0 Å². The second-order valence-corrected chi connectivity index (χ2v) is 5.93. The van der Waals surface area contributed by atoms with Gasteiger partial charge in [0, 0.05) is 19.2 Å². The van der Waals surface area contributed by atoms with Gasteiger partial charge in [-0.3, -0.25) is 4.79 Å². The smallest absolute Gasteiger partial charge is 0.229 e. The van der Waals surface area contributed by atoms with Crippen molar-refractivity contribution in [2.75, 3.05) is 23.3 Å². The lowest BCUT2D eigenvalue weighted by molar-refractivity contribution is -0.120. The van der Waals surface area contributed by atoms with Gasteiger partial charge in [0.05, 0.1) is 17.3 Å². The number of hydrogen-bond acceptors (Lipinski definition) is 4. The topological polar surface area (TPSA) is 58.1 Å². The molecule has 1 aromatic carbocycles. The molecule has 1 saturated heterocycles.